The van der Waals surface area contributed by atoms with Crippen LogP contribution in [0.1, 0.15) is 19.8 Å². The molecule has 2 N–H and O–H groups in total. The van der Waals surface area contributed by atoms with Gasteiger partial charge in [0.05, 0.1) is 28.0 Å². The first kappa shape index (κ1) is 20.9. The van der Waals surface area contributed by atoms with Gasteiger partial charge < -0.3 is 10.4 Å². The van der Waals surface area contributed by atoms with E-state index in [1.165, 1.54) is 30.6 Å². The van der Waals surface area contributed by atoms with Crippen LogP contribution in [0.4, 0.5) is 10.1 Å². The molecule has 0 saturated carbocycles. The van der Waals surface area contributed by atoms with Gasteiger partial charge in [0.15, 0.2) is 6.35 Å². The molecule has 3 rings (SSSR count). The molecule has 28 heavy (non-hydrogen) atoms. The molecule has 2 unspecified atom stereocenters. The van der Waals surface area contributed by atoms with Gasteiger partial charge in [-0.05, 0) is 38.0 Å². The average Bonchev–Trinajstić information content (AvgIpc) is 2.69. The third-order valence-electron chi connectivity index (χ3n) is 5.14. The number of likely N-dealkylation sites (tertiary alicyclic amines) is 1. The molecule has 2 atom stereocenters. The Morgan fingerprint density at radius 2 is 1.96 bits per heavy atom. The highest BCUT2D eigenvalue weighted by molar-refractivity contribution is 7.92. The van der Waals surface area contributed by atoms with Crippen LogP contribution in [-0.4, -0.2) is 53.1 Å². The number of aliphatic hydroxyl groups is 1. The van der Waals surface area contributed by atoms with E-state index < -0.39 is 27.1 Å². The minimum absolute atomic E-state index is 0.00870. The number of sulfone groups is 1. The lowest BCUT2D eigenvalue weighted by Gasteiger charge is -2.39. The molecule has 10 heteroatoms. The van der Waals surface area contributed by atoms with Gasteiger partial charge in [-0.2, -0.15) is 10.2 Å². The van der Waals surface area contributed by atoms with Crippen LogP contribution in [0.25, 0.3) is 0 Å². The SMILES string of the molecule is CC(F)(C1CCN(C(O)Nc2ccnnc2)CC1)S(=O)(=O)c1ccccc1Cl. The molecule has 1 saturated heterocycles. The zero-order valence-corrected chi connectivity index (χ0v) is 16.9. The van der Waals surface area contributed by atoms with E-state index in [1.807, 2.05) is 0 Å². The second-order valence-electron chi connectivity index (χ2n) is 6.88. The Bertz CT molecular complexity index is 906. The Morgan fingerprint density at radius 3 is 2.57 bits per heavy atom. The molecule has 7 nitrogen and oxygen atoms in total. The van der Waals surface area contributed by atoms with Crippen molar-refractivity contribution in [1.29, 1.82) is 0 Å². The van der Waals surface area contributed by atoms with Gasteiger partial charge >= 0.3 is 0 Å². The molecular formula is C18H22ClFN4O3S. The topological polar surface area (TPSA) is 95.4 Å². The summed E-state index contributed by atoms with van der Waals surface area (Å²) < 4.78 is 41.3. The van der Waals surface area contributed by atoms with Crippen LogP contribution in [0.3, 0.4) is 0 Å². The number of piperidine rings is 1. The zero-order valence-electron chi connectivity index (χ0n) is 15.3. The van der Waals surface area contributed by atoms with Crippen LogP contribution in [0.15, 0.2) is 47.6 Å². The van der Waals surface area contributed by atoms with Crippen LogP contribution in [-0.2, 0) is 9.84 Å². The summed E-state index contributed by atoms with van der Waals surface area (Å²) in [6.07, 6.45) is 2.55. The molecule has 2 aromatic rings. The maximum Gasteiger partial charge on any atom is 0.215 e. The lowest BCUT2D eigenvalue weighted by atomic mass is 9.92. The first-order valence-electron chi connectivity index (χ1n) is 8.87. The van der Waals surface area contributed by atoms with Crippen LogP contribution >= 0.6 is 11.6 Å². The summed E-state index contributed by atoms with van der Waals surface area (Å²) in [7, 11) is -4.27. The Morgan fingerprint density at radius 1 is 1.29 bits per heavy atom. The summed E-state index contributed by atoms with van der Waals surface area (Å²) in [6, 6.07) is 7.54. The number of benzene rings is 1. The number of hydrogen-bond acceptors (Lipinski definition) is 7. The molecule has 1 fully saturated rings. The molecule has 0 spiro atoms. The van der Waals surface area contributed by atoms with Crippen molar-refractivity contribution in [3.05, 3.63) is 47.7 Å². The fraction of sp³-hybridized carbons (Fsp3) is 0.444. The number of hydrogen-bond donors (Lipinski definition) is 2. The van der Waals surface area contributed by atoms with E-state index in [0.717, 1.165) is 6.92 Å². The summed E-state index contributed by atoms with van der Waals surface area (Å²) in [5.74, 6) is -0.709. The fourth-order valence-corrected chi connectivity index (χ4v) is 5.50. The van der Waals surface area contributed by atoms with E-state index in [2.05, 4.69) is 15.5 Å². The van der Waals surface area contributed by atoms with Crippen LogP contribution in [0.2, 0.25) is 5.02 Å². The second-order valence-corrected chi connectivity index (χ2v) is 9.53. The van der Waals surface area contributed by atoms with Crippen LogP contribution in [0.5, 0.6) is 0 Å². The molecule has 152 valence electrons. The molecule has 1 aromatic heterocycles. The number of nitrogens with one attached hydrogen (secondary N) is 1. The van der Waals surface area contributed by atoms with Crippen LogP contribution in [0, 0.1) is 5.92 Å². The third kappa shape index (κ3) is 4.12. The number of anilines is 1. The van der Waals surface area contributed by atoms with E-state index in [-0.39, 0.29) is 22.8 Å². The van der Waals surface area contributed by atoms with E-state index in [9.17, 15) is 13.5 Å². The number of alkyl halides is 1. The quantitative estimate of drug-likeness (QED) is 0.683. The van der Waals surface area contributed by atoms with Crippen LogP contribution < -0.4 is 5.32 Å². The van der Waals surface area contributed by atoms with Crippen molar-refractivity contribution in [2.75, 3.05) is 18.4 Å². The maximum atomic E-state index is 15.5. The van der Waals surface area contributed by atoms with Crippen molar-refractivity contribution in [1.82, 2.24) is 15.1 Å². The molecule has 0 aliphatic carbocycles. The molecule has 1 aliphatic heterocycles. The predicted octanol–water partition coefficient (Wildman–Crippen LogP) is 2.69. The van der Waals surface area contributed by atoms with E-state index in [0.29, 0.717) is 18.8 Å². The number of aliphatic hydroxyl groups excluding tert-OH is 1. The molecule has 1 aliphatic rings. The minimum Gasteiger partial charge on any atom is -0.361 e. The Balaban J connectivity index is 1.67. The predicted molar refractivity (Wildman–Crippen MR) is 104 cm³/mol. The largest absolute Gasteiger partial charge is 0.361 e. The lowest BCUT2D eigenvalue weighted by Crippen LogP contribution is -2.50. The van der Waals surface area contributed by atoms with Gasteiger partial charge in [-0.15, -0.1) is 0 Å². The van der Waals surface area contributed by atoms with Gasteiger partial charge in [-0.3, -0.25) is 4.90 Å². The number of aromatic nitrogens is 2. The molecule has 0 amide bonds. The van der Waals surface area contributed by atoms with Crippen molar-refractivity contribution in [2.45, 2.75) is 36.0 Å². The van der Waals surface area contributed by atoms with Gasteiger partial charge in [-0.1, -0.05) is 23.7 Å². The van der Waals surface area contributed by atoms with E-state index in [1.54, 1.807) is 17.0 Å². The fourth-order valence-electron chi connectivity index (χ4n) is 3.37. The van der Waals surface area contributed by atoms with E-state index >= 15 is 4.39 Å². The summed E-state index contributed by atoms with van der Waals surface area (Å²) in [5, 5.41) is 18.1. The third-order valence-corrected chi connectivity index (χ3v) is 7.90. The molecular weight excluding hydrogens is 407 g/mol. The summed E-state index contributed by atoms with van der Waals surface area (Å²) in [4.78, 5) is 1.52. The van der Waals surface area contributed by atoms with Gasteiger partial charge in [0.25, 0.3) is 0 Å². The number of rotatable bonds is 6. The monoisotopic (exact) mass is 428 g/mol. The highest BCUT2D eigenvalue weighted by Gasteiger charge is 2.49. The first-order chi connectivity index (χ1) is 13.2. The number of nitrogens with zero attached hydrogens (tertiary/aromatic N) is 3. The number of halogens is 2. The summed E-state index contributed by atoms with van der Waals surface area (Å²) in [6.45, 7) is 1.78. The zero-order chi connectivity index (χ0) is 20.4. The average molecular weight is 429 g/mol. The molecule has 0 radical (unpaired) electrons. The van der Waals surface area contributed by atoms with Crippen molar-refractivity contribution in [3.63, 3.8) is 0 Å². The molecule has 0 bridgehead atoms. The van der Waals surface area contributed by atoms with Gasteiger partial charge in [0.1, 0.15) is 0 Å². The van der Waals surface area contributed by atoms with Crippen molar-refractivity contribution >= 4 is 27.1 Å². The van der Waals surface area contributed by atoms with Gasteiger partial charge in [0, 0.05) is 19.0 Å². The van der Waals surface area contributed by atoms with E-state index in [4.69, 9.17) is 11.6 Å². The first-order valence-corrected chi connectivity index (χ1v) is 10.7. The van der Waals surface area contributed by atoms with Crippen molar-refractivity contribution < 1.29 is 17.9 Å². The summed E-state index contributed by atoms with van der Waals surface area (Å²) >= 11 is 5.99. The highest BCUT2D eigenvalue weighted by atomic mass is 35.5. The summed E-state index contributed by atoms with van der Waals surface area (Å²) in [5.41, 5.74) is 0.598. The smallest absolute Gasteiger partial charge is 0.215 e. The van der Waals surface area contributed by atoms with Gasteiger partial charge in [-0.25, -0.2) is 12.8 Å². The minimum atomic E-state index is -4.27. The Kier molecular flexibility index (Phi) is 6.18. The Labute approximate surface area is 168 Å². The second kappa shape index (κ2) is 8.28. The highest BCUT2D eigenvalue weighted by Crippen LogP contribution is 2.41. The maximum absolute atomic E-state index is 15.5. The normalized spacial score (nSPS) is 19.7. The molecule has 1 aromatic carbocycles. The lowest BCUT2D eigenvalue weighted by molar-refractivity contribution is -0.00954. The van der Waals surface area contributed by atoms with Crippen molar-refractivity contribution in [3.8, 4) is 0 Å². The molecule has 2 heterocycles. The Hall–Kier alpha value is -1.81. The van der Waals surface area contributed by atoms with Crippen molar-refractivity contribution in [2.24, 2.45) is 5.92 Å². The van der Waals surface area contributed by atoms with Gasteiger partial charge in [0.2, 0.25) is 14.8 Å². The standard InChI is InChI=1S/C18H22ClFN4O3S/c1-18(20,28(26,27)16-5-3-2-4-15(16)19)13-7-10-24(11-8-13)17(25)23-14-6-9-21-22-12-14/h2-6,9,12-13,17,25H,7-8,10-11H2,1H3,(H,21,23).